The monoisotopic (exact) mass is 322 g/mol. The Morgan fingerprint density at radius 3 is 2.29 bits per heavy atom. The molecule has 1 heterocycles. The minimum Gasteiger partial charge on any atom is -0.213 e. The molecule has 0 radical (unpaired) electrons. The molecule has 4 heteroatoms. The van der Waals surface area contributed by atoms with E-state index < -0.39 is 0 Å². The van der Waals surface area contributed by atoms with Crippen LogP contribution in [0.1, 0.15) is 56.7 Å². The van der Waals surface area contributed by atoms with E-state index in [1.54, 1.807) is 0 Å². The highest BCUT2D eigenvalue weighted by molar-refractivity contribution is 14.1. The molecule has 1 aliphatic carbocycles. The molecule has 14 heavy (non-hydrogen) atoms. The first-order valence-corrected chi connectivity index (χ1v) is 7.20. The van der Waals surface area contributed by atoms with Gasteiger partial charge in [-0.05, 0) is 47.0 Å². The first-order valence-electron chi connectivity index (χ1n) is 5.35. The Morgan fingerprint density at radius 1 is 1.07 bits per heavy atom. The minimum absolute atomic E-state index is 0.648. The molecule has 1 saturated carbocycles. The number of hydrogen-bond donors (Lipinski definition) is 0. The summed E-state index contributed by atoms with van der Waals surface area (Å²) in [6, 6.07) is 0. The molecule has 0 saturated heterocycles. The Morgan fingerprint density at radius 2 is 1.71 bits per heavy atom. The zero-order chi connectivity index (χ0) is 9.80. The molecule has 0 aliphatic heterocycles. The minimum atomic E-state index is 0.648. The fraction of sp³-hybridized carbons (Fsp3) is 0.800. The van der Waals surface area contributed by atoms with Gasteiger partial charge in [0.25, 0.3) is 0 Å². The van der Waals surface area contributed by atoms with Crippen LogP contribution in [0, 0.1) is 3.01 Å². The average Bonchev–Trinajstić information content (AvgIpc) is 2.51. The number of nitrogens with zero attached hydrogens (tertiary/aromatic N) is 2. The summed E-state index contributed by atoms with van der Waals surface area (Å²) in [7, 11) is 0. The van der Waals surface area contributed by atoms with E-state index in [-0.39, 0.29) is 0 Å². The second-order valence-corrected chi connectivity index (χ2v) is 6.45. The topological polar surface area (TPSA) is 25.8 Å². The van der Waals surface area contributed by atoms with Crippen molar-refractivity contribution in [1.29, 1.82) is 0 Å². The van der Waals surface area contributed by atoms with Crippen LogP contribution < -0.4 is 0 Å². The van der Waals surface area contributed by atoms with Crippen LogP contribution in [-0.4, -0.2) is 9.36 Å². The van der Waals surface area contributed by atoms with Gasteiger partial charge in [-0.1, -0.05) is 32.1 Å². The first-order chi connectivity index (χ1) is 6.86. The summed E-state index contributed by atoms with van der Waals surface area (Å²) in [4.78, 5) is 4.50. The fourth-order valence-corrected chi connectivity index (χ4v) is 3.13. The average molecular weight is 322 g/mol. The number of hydrogen-bond acceptors (Lipinski definition) is 3. The van der Waals surface area contributed by atoms with Gasteiger partial charge in [-0.25, -0.2) is 4.98 Å². The van der Waals surface area contributed by atoms with Crippen LogP contribution in [0.5, 0.6) is 0 Å². The molecule has 1 aromatic heterocycles. The van der Waals surface area contributed by atoms with Crippen molar-refractivity contribution in [3.63, 3.8) is 0 Å². The number of halogens is 1. The summed E-state index contributed by atoms with van der Waals surface area (Å²) in [5.74, 6) is 1.76. The normalized spacial score (nSPS) is 20.4. The van der Waals surface area contributed by atoms with Gasteiger partial charge in [0.1, 0.15) is 5.82 Å². The van der Waals surface area contributed by atoms with Gasteiger partial charge in [0.05, 0.1) is 0 Å². The van der Waals surface area contributed by atoms with E-state index in [0.29, 0.717) is 5.92 Å². The maximum absolute atomic E-state index is 4.50. The van der Waals surface area contributed by atoms with Crippen LogP contribution in [0.2, 0.25) is 0 Å². The number of aromatic nitrogens is 2. The van der Waals surface area contributed by atoms with Crippen molar-refractivity contribution in [2.45, 2.75) is 50.9 Å². The Kier molecular flexibility index (Phi) is 4.16. The molecule has 0 atom stereocenters. The molecule has 1 aliphatic rings. The maximum atomic E-state index is 4.50. The van der Waals surface area contributed by atoms with E-state index >= 15 is 0 Å². The zero-order valence-corrected chi connectivity index (χ0v) is 11.2. The van der Waals surface area contributed by atoms with E-state index in [4.69, 9.17) is 0 Å². The van der Waals surface area contributed by atoms with Crippen LogP contribution in [0.25, 0.3) is 0 Å². The Labute approximate surface area is 103 Å². The van der Waals surface area contributed by atoms with Gasteiger partial charge in [0, 0.05) is 5.92 Å². The van der Waals surface area contributed by atoms with Crippen LogP contribution in [0.4, 0.5) is 0 Å². The van der Waals surface area contributed by atoms with Gasteiger partial charge in [0.2, 0.25) is 0 Å². The van der Waals surface area contributed by atoms with Crippen molar-refractivity contribution >= 4 is 34.1 Å². The lowest BCUT2D eigenvalue weighted by molar-refractivity contribution is 0.445. The maximum Gasteiger partial charge on any atom is 0.173 e. The van der Waals surface area contributed by atoms with Crippen LogP contribution in [0.15, 0.2) is 0 Å². The van der Waals surface area contributed by atoms with Crippen molar-refractivity contribution < 1.29 is 0 Å². The molecule has 0 amide bonds. The highest BCUT2D eigenvalue weighted by Crippen LogP contribution is 2.29. The third kappa shape index (κ3) is 2.89. The summed E-state index contributed by atoms with van der Waals surface area (Å²) in [5, 5.41) is 0. The highest BCUT2D eigenvalue weighted by Gasteiger charge is 2.17. The van der Waals surface area contributed by atoms with Crippen molar-refractivity contribution in [3.8, 4) is 0 Å². The molecule has 0 aromatic carbocycles. The SMILES string of the molecule is Ic1nc(C2CCCCCCC2)ns1. The third-order valence-corrected chi connectivity index (χ3v) is 4.24. The van der Waals surface area contributed by atoms with Crippen LogP contribution in [-0.2, 0) is 0 Å². The summed E-state index contributed by atoms with van der Waals surface area (Å²) >= 11 is 3.79. The van der Waals surface area contributed by atoms with Gasteiger partial charge in [0.15, 0.2) is 3.01 Å². The van der Waals surface area contributed by atoms with Gasteiger partial charge < -0.3 is 0 Å². The van der Waals surface area contributed by atoms with E-state index in [9.17, 15) is 0 Å². The van der Waals surface area contributed by atoms with E-state index in [2.05, 4.69) is 31.9 Å². The Hall–Kier alpha value is 0.290. The van der Waals surface area contributed by atoms with Crippen molar-refractivity contribution in [3.05, 3.63) is 8.84 Å². The largest absolute Gasteiger partial charge is 0.213 e. The quantitative estimate of drug-likeness (QED) is 0.731. The van der Waals surface area contributed by atoms with E-state index in [1.165, 1.54) is 56.5 Å². The lowest BCUT2D eigenvalue weighted by Crippen LogP contribution is -2.04. The fourth-order valence-electron chi connectivity index (χ4n) is 2.10. The Balaban J connectivity index is 2.00. The predicted octanol–water partition coefficient (Wildman–Crippen LogP) is 3.97. The molecule has 2 nitrogen and oxygen atoms in total. The molecule has 0 spiro atoms. The van der Waals surface area contributed by atoms with Crippen molar-refractivity contribution in [2.75, 3.05) is 0 Å². The van der Waals surface area contributed by atoms with Gasteiger partial charge in [-0.3, -0.25) is 0 Å². The molecule has 0 bridgehead atoms. The lowest BCUT2D eigenvalue weighted by atomic mass is 9.91. The molecule has 0 N–H and O–H groups in total. The summed E-state index contributed by atoms with van der Waals surface area (Å²) in [6.07, 6.45) is 9.55. The number of rotatable bonds is 1. The Bertz CT molecular complexity index is 279. The molecular weight excluding hydrogens is 307 g/mol. The molecule has 2 rings (SSSR count). The summed E-state index contributed by atoms with van der Waals surface area (Å²) in [5.41, 5.74) is 0. The van der Waals surface area contributed by atoms with Gasteiger partial charge in [-0.2, -0.15) is 4.37 Å². The van der Waals surface area contributed by atoms with Crippen molar-refractivity contribution in [1.82, 2.24) is 9.36 Å². The second kappa shape index (κ2) is 5.39. The lowest BCUT2D eigenvalue weighted by Gasteiger charge is -2.16. The first kappa shape index (κ1) is 10.8. The summed E-state index contributed by atoms with van der Waals surface area (Å²) in [6.45, 7) is 0. The molecule has 1 fully saturated rings. The molecular formula is C10H15IN2S. The van der Waals surface area contributed by atoms with Crippen LogP contribution >= 0.6 is 34.1 Å². The molecule has 1 aromatic rings. The predicted molar refractivity (Wildman–Crippen MR) is 67.7 cm³/mol. The molecule has 78 valence electrons. The van der Waals surface area contributed by atoms with Crippen molar-refractivity contribution in [2.24, 2.45) is 0 Å². The standard InChI is InChI=1S/C10H15IN2S/c11-10-12-9(13-14-10)8-6-4-2-1-3-5-7-8/h8H,1-7H2. The van der Waals surface area contributed by atoms with E-state index in [1.807, 2.05) is 0 Å². The zero-order valence-electron chi connectivity index (χ0n) is 8.21. The summed E-state index contributed by atoms with van der Waals surface area (Å²) < 4.78 is 5.52. The smallest absolute Gasteiger partial charge is 0.173 e. The van der Waals surface area contributed by atoms with E-state index in [0.717, 1.165) is 8.84 Å². The van der Waals surface area contributed by atoms with Crippen LogP contribution in [0.3, 0.4) is 0 Å². The third-order valence-electron chi connectivity index (χ3n) is 2.89. The second-order valence-electron chi connectivity index (χ2n) is 3.95. The van der Waals surface area contributed by atoms with Gasteiger partial charge >= 0.3 is 0 Å². The molecule has 0 unspecified atom stereocenters. The highest BCUT2D eigenvalue weighted by atomic mass is 127. The van der Waals surface area contributed by atoms with Gasteiger partial charge in [-0.15, -0.1) is 0 Å².